The van der Waals surface area contributed by atoms with E-state index in [1.54, 1.807) is 36.4 Å². The quantitative estimate of drug-likeness (QED) is 0.534. The average Bonchev–Trinajstić information content (AvgIpc) is 2.73. The molecule has 2 aromatic carbocycles. The molecular formula is C22H29FN2O4S. The van der Waals surface area contributed by atoms with Crippen LogP contribution in [0.1, 0.15) is 6.42 Å². The fourth-order valence-electron chi connectivity index (χ4n) is 3.33. The summed E-state index contributed by atoms with van der Waals surface area (Å²) in [5.41, 5.74) is 0. The molecule has 30 heavy (non-hydrogen) atoms. The Morgan fingerprint density at radius 1 is 0.867 bits per heavy atom. The van der Waals surface area contributed by atoms with Crippen LogP contribution in [-0.2, 0) is 9.84 Å². The molecule has 0 amide bonds. The van der Waals surface area contributed by atoms with Crippen molar-refractivity contribution in [2.45, 2.75) is 11.3 Å². The summed E-state index contributed by atoms with van der Waals surface area (Å²) in [5.74, 6) is 1.02. The van der Waals surface area contributed by atoms with Crippen molar-refractivity contribution in [1.82, 2.24) is 9.80 Å². The molecule has 1 aliphatic rings. The van der Waals surface area contributed by atoms with Gasteiger partial charge < -0.3 is 14.4 Å². The molecule has 6 nitrogen and oxygen atoms in total. The van der Waals surface area contributed by atoms with Gasteiger partial charge in [0.05, 0.1) is 11.5 Å². The van der Waals surface area contributed by atoms with Gasteiger partial charge in [0.1, 0.15) is 23.9 Å². The standard InChI is InChI=1S/C22H29FN2O4S/c1-30(26,27)22-5-2-4-21(18-22)28-16-3-10-24-11-13-25(14-12-24)15-17-29-20-8-6-19(23)7-9-20/h2,4-9,18H,3,10-17H2,1H3. The molecule has 0 aliphatic carbocycles. The van der Waals surface area contributed by atoms with Crippen LogP contribution >= 0.6 is 0 Å². The largest absolute Gasteiger partial charge is 0.494 e. The second-order valence-electron chi connectivity index (χ2n) is 7.43. The molecule has 164 valence electrons. The van der Waals surface area contributed by atoms with Crippen LogP contribution < -0.4 is 9.47 Å². The molecule has 0 unspecified atom stereocenters. The Balaban J connectivity index is 1.28. The van der Waals surface area contributed by atoms with Gasteiger partial charge in [-0.15, -0.1) is 0 Å². The van der Waals surface area contributed by atoms with E-state index >= 15 is 0 Å². The van der Waals surface area contributed by atoms with E-state index < -0.39 is 9.84 Å². The summed E-state index contributed by atoms with van der Waals surface area (Å²) in [6.07, 6.45) is 2.08. The Bertz CT molecular complexity index is 898. The lowest BCUT2D eigenvalue weighted by atomic mass is 10.3. The fourth-order valence-corrected chi connectivity index (χ4v) is 3.99. The third-order valence-electron chi connectivity index (χ3n) is 5.08. The van der Waals surface area contributed by atoms with Gasteiger partial charge >= 0.3 is 0 Å². The Labute approximate surface area is 178 Å². The summed E-state index contributed by atoms with van der Waals surface area (Å²) in [6, 6.07) is 12.7. The molecule has 0 bridgehead atoms. The van der Waals surface area contributed by atoms with Crippen molar-refractivity contribution in [3.05, 3.63) is 54.3 Å². The number of piperazine rings is 1. The van der Waals surface area contributed by atoms with Gasteiger partial charge in [0, 0.05) is 45.5 Å². The summed E-state index contributed by atoms with van der Waals surface area (Å²) in [5, 5.41) is 0. The highest BCUT2D eigenvalue weighted by Crippen LogP contribution is 2.17. The summed E-state index contributed by atoms with van der Waals surface area (Å²) in [7, 11) is -3.22. The Kier molecular flexibility index (Phi) is 8.07. The molecule has 0 atom stereocenters. The molecule has 8 heteroatoms. The molecule has 1 aliphatic heterocycles. The van der Waals surface area contributed by atoms with E-state index in [1.165, 1.54) is 18.4 Å². The molecule has 0 spiro atoms. The minimum atomic E-state index is -3.22. The molecule has 2 aromatic rings. The molecule has 0 aromatic heterocycles. The molecular weight excluding hydrogens is 407 g/mol. The van der Waals surface area contributed by atoms with Crippen LogP contribution in [0, 0.1) is 5.82 Å². The van der Waals surface area contributed by atoms with Crippen molar-refractivity contribution in [3.8, 4) is 11.5 Å². The minimum absolute atomic E-state index is 0.258. The molecule has 1 saturated heterocycles. The van der Waals surface area contributed by atoms with Gasteiger partial charge in [0.2, 0.25) is 0 Å². The van der Waals surface area contributed by atoms with Crippen molar-refractivity contribution >= 4 is 9.84 Å². The molecule has 3 rings (SSSR count). The van der Waals surface area contributed by atoms with Crippen LogP contribution in [0.3, 0.4) is 0 Å². The van der Waals surface area contributed by atoms with Crippen molar-refractivity contribution in [1.29, 1.82) is 0 Å². The zero-order chi connectivity index (χ0) is 21.4. The van der Waals surface area contributed by atoms with Gasteiger partial charge in [-0.05, 0) is 48.9 Å². The van der Waals surface area contributed by atoms with E-state index in [9.17, 15) is 12.8 Å². The number of benzene rings is 2. The lowest BCUT2D eigenvalue weighted by molar-refractivity contribution is 0.112. The maximum atomic E-state index is 12.9. The van der Waals surface area contributed by atoms with Gasteiger partial charge in [-0.3, -0.25) is 4.90 Å². The minimum Gasteiger partial charge on any atom is -0.494 e. The van der Waals surface area contributed by atoms with E-state index in [-0.39, 0.29) is 10.7 Å². The first-order valence-electron chi connectivity index (χ1n) is 10.2. The first kappa shape index (κ1) is 22.5. The smallest absolute Gasteiger partial charge is 0.175 e. The van der Waals surface area contributed by atoms with Gasteiger partial charge in [-0.25, -0.2) is 12.8 Å². The maximum absolute atomic E-state index is 12.9. The average molecular weight is 437 g/mol. The Morgan fingerprint density at radius 2 is 1.50 bits per heavy atom. The predicted molar refractivity (Wildman–Crippen MR) is 114 cm³/mol. The van der Waals surface area contributed by atoms with Crippen molar-refractivity contribution in [3.63, 3.8) is 0 Å². The summed E-state index contributed by atoms with van der Waals surface area (Å²) in [6.45, 7) is 6.93. The zero-order valence-electron chi connectivity index (χ0n) is 17.3. The lowest BCUT2D eigenvalue weighted by Crippen LogP contribution is -2.47. The van der Waals surface area contributed by atoms with Crippen LogP contribution in [0.4, 0.5) is 4.39 Å². The van der Waals surface area contributed by atoms with E-state index in [2.05, 4.69) is 9.80 Å². The lowest BCUT2D eigenvalue weighted by Gasteiger charge is -2.34. The zero-order valence-corrected chi connectivity index (χ0v) is 18.1. The van der Waals surface area contributed by atoms with Crippen LogP contribution in [-0.4, -0.2) is 77.0 Å². The SMILES string of the molecule is CS(=O)(=O)c1cccc(OCCCN2CCN(CCOc3ccc(F)cc3)CC2)c1. The van der Waals surface area contributed by atoms with E-state index in [0.29, 0.717) is 24.7 Å². The van der Waals surface area contributed by atoms with Gasteiger partial charge in [-0.2, -0.15) is 0 Å². The van der Waals surface area contributed by atoms with Crippen molar-refractivity contribution in [2.75, 3.05) is 58.7 Å². The van der Waals surface area contributed by atoms with Crippen molar-refractivity contribution < 1.29 is 22.3 Å². The third-order valence-corrected chi connectivity index (χ3v) is 6.19. The second kappa shape index (κ2) is 10.7. The number of hydrogen-bond donors (Lipinski definition) is 0. The number of hydrogen-bond acceptors (Lipinski definition) is 6. The monoisotopic (exact) mass is 436 g/mol. The first-order chi connectivity index (χ1) is 14.4. The summed E-state index contributed by atoms with van der Waals surface area (Å²) >= 11 is 0. The summed E-state index contributed by atoms with van der Waals surface area (Å²) in [4.78, 5) is 5.06. The highest BCUT2D eigenvalue weighted by molar-refractivity contribution is 7.90. The summed E-state index contributed by atoms with van der Waals surface area (Å²) < 4.78 is 47.5. The van der Waals surface area contributed by atoms with Gasteiger partial charge in [0.25, 0.3) is 0 Å². The van der Waals surface area contributed by atoms with Crippen LogP contribution in [0.5, 0.6) is 11.5 Å². The van der Waals surface area contributed by atoms with Gasteiger partial charge in [-0.1, -0.05) is 6.07 Å². The number of nitrogens with zero attached hydrogens (tertiary/aromatic N) is 2. The number of sulfone groups is 1. The Hall–Kier alpha value is -2.16. The number of rotatable bonds is 10. The maximum Gasteiger partial charge on any atom is 0.175 e. The molecule has 0 N–H and O–H groups in total. The Morgan fingerprint density at radius 3 is 2.17 bits per heavy atom. The number of ether oxygens (including phenoxy) is 2. The topological polar surface area (TPSA) is 59.1 Å². The fraction of sp³-hybridized carbons (Fsp3) is 0.455. The molecule has 1 fully saturated rings. The van der Waals surface area contributed by atoms with Crippen molar-refractivity contribution in [2.24, 2.45) is 0 Å². The normalized spacial score (nSPS) is 15.8. The molecule has 1 heterocycles. The highest BCUT2D eigenvalue weighted by Gasteiger charge is 2.16. The first-order valence-corrected chi connectivity index (χ1v) is 12.1. The van der Waals surface area contributed by atoms with Crippen LogP contribution in [0.15, 0.2) is 53.4 Å². The van der Waals surface area contributed by atoms with E-state index in [0.717, 1.165) is 45.7 Å². The second-order valence-corrected chi connectivity index (χ2v) is 9.45. The molecule has 0 saturated carbocycles. The predicted octanol–water partition coefficient (Wildman–Crippen LogP) is 2.69. The highest BCUT2D eigenvalue weighted by atomic mass is 32.2. The third kappa shape index (κ3) is 7.27. The van der Waals surface area contributed by atoms with Crippen LogP contribution in [0.25, 0.3) is 0 Å². The van der Waals surface area contributed by atoms with Gasteiger partial charge in [0.15, 0.2) is 9.84 Å². The molecule has 0 radical (unpaired) electrons. The van der Waals surface area contributed by atoms with Crippen LogP contribution in [0.2, 0.25) is 0 Å². The van der Waals surface area contributed by atoms with E-state index in [4.69, 9.17) is 9.47 Å². The van der Waals surface area contributed by atoms with E-state index in [1.807, 2.05) is 0 Å². The number of halogens is 1.